The van der Waals surface area contributed by atoms with E-state index in [4.69, 9.17) is 26.0 Å². The number of methoxy groups -OCH3 is 1. The van der Waals surface area contributed by atoms with Crippen LogP contribution in [-0.2, 0) is 16.4 Å². The number of hydrogen-bond acceptors (Lipinski definition) is 5. The van der Waals surface area contributed by atoms with Gasteiger partial charge in [0.2, 0.25) is 10.0 Å². The number of benzene rings is 2. The van der Waals surface area contributed by atoms with Crippen LogP contribution in [0.1, 0.15) is 12.6 Å². The van der Waals surface area contributed by atoms with Crippen molar-refractivity contribution in [3.05, 3.63) is 53.2 Å². The minimum atomic E-state index is -3.75. The zero-order valence-corrected chi connectivity index (χ0v) is 15.8. The lowest BCUT2D eigenvalue weighted by molar-refractivity contribution is 0.414. The van der Waals surface area contributed by atoms with Gasteiger partial charge in [-0.3, -0.25) is 0 Å². The van der Waals surface area contributed by atoms with Gasteiger partial charge in [0.1, 0.15) is 5.75 Å². The fraction of sp³-hybridized carbons (Fsp3) is 0.167. The van der Waals surface area contributed by atoms with Gasteiger partial charge in [-0.2, -0.15) is 0 Å². The first-order chi connectivity index (χ1) is 12.3. The van der Waals surface area contributed by atoms with Crippen LogP contribution in [0.5, 0.6) is 5.75 Å². The Bertz CT molecular complexity index is 1040. The summed E-state index contributed by atoms with van der Waals surface area (Å²) in [5.41, 5.74) is 3.07. The van der Waals surface area contributed by atoms with Crippen molar-refractivity contribution in [1.29, 1.82) is 0 Å². The van der Waals surface area contributed by atoms with E-state index in [1.165, 1.54) is 12.1 Å². The van der Waals surface area contributed by atoms with Crippen molar-refractivity contribution in [2.45, 2.75) is 18.2 Å². The van der Waals surface area contributed by atoms with Gasteiger partial charge in [0, 0.05) is 5.56 Å². The summed E-state index contributed by atoms with van der Waals surface area (Å²) in [5.74, 6) is 1.11. The van der Waals surface area contributed by atoms with Gasteiger partial charge < -0.3 is 9.26 Å². The quantitative estimate of drug-likeness (QED) is 0.710. The van der Waals surface area contributed by atoms with Crippen LogP contribution in [-0.4, -0.2) is 20.7 Å². The van der Waals surface area contributed by atoms with Crippen molar-refractivity contribution in [1.82, 2.24) is 5.16 Å². The molecule has 2 N–H and O–H groups in total. The Morgan fingerprint density at radius 1 is 1.15 bits per heavy atom. The lowest BCUT2D eigenvalue weighted by Gasteiger charge is -2.07. The first-order valence-electron chi connectivity index (χ1n) is 7.80. The molecule has 0 atom stereocenters. The van der Waals surface area contributed by atoms with Crippen molar-refractivity contribution in [2.75, 3.05) is 7.11 Å². The van der Waals surface area contributed by atoms with Crippen molar-refractivity contribution < 1.29 is 17.7 Å². The van der Waals surface area contributed by atoms with Gasteiger partial charge >= 0.3 is 0 Å². The third-order valence-electron chi connectivity index (χ3n) is 3.98. The molecular weight excluding hydrogens is 376 g/mol. The third kappa shape index (κ3) is 3.46. The summed E-state index contributed by atoms with van der Waals surface area (Å²) in [4.78, 5) is 0.0461. The first-order valence-corrected chi connectivity index (χ1v) is 9.73. The second kappa shape index (κ2) is 7.11. The minimum Gasteiger partial charge on any atom is -0.495 e. The van der Waals surface area contributed by atoms with Gasteiger partial charge in [0.05, 0.1) is 28.3 Å². The largest absolute Gasteiger partial charge is 0.495 e. The smallest absolute Gasteiger partial charge is 0.238 e. The summed E-state index contributed by atoms with van der Waals surface area (Å²) in [6.07, 6.45) is 0.652. The van der Waals surface area contributed by atoms with Crippen LogP contribution in [0.4, 0.5) is 0 Å². The number of aromatic nitrogens is 1. The van der Waals surface area contributed by atoms with Crippen LogP contribution in [0.15, 0.2) is 51.9 Å². The van der Waals surface area contributed by atoms with E-state index in [0.29, 0.717) is 23.0 Å². The average Bonchev–Trinajstić information content (AvgIpc) is 3.05. The molecule has 1 heterocycles. The molecule has 136 valence electrons. The molecule has 6 nitrogen and oxygen atoms in total. The number of aryl methyl sites for hydroxylation is 1. The number of ether oxygens (including phenoxy) is 1. The number of nitrogens with two attached hydrogens (primary N) is 1. The second-order valence-electron chi connectivity index (χ2n) is 5.61. The highest BCUT2D eigenvalue weighted by Crippen LogP contribution is 2.38. The number of sulfonamides is 1. The predicted octanol–water partition coefficient (Wildman–Crippen LogP) is 3.88. The molecule has 0 aliphatic rings. The normalized spacial score (nSPS) is 11.5. The summed E-state index contributed by atoms with van der Waals surface area (Å²) in [7, 11) is -2.21. The minimum absolute atomic E-state index is 0.0461. The van der Waals surface area contributed by atoms with E-state index in [1.807, 2.05) is 13.0 Å². The van der Waals surface area contributed by atoms with Gasteiger partial charge in [-0.15, -0.1) is 0 Å². The fourth-order valence-corrected chi connectivity index (χ4v) is 3.45. The number of primary sulfonamides is 1. The molecule has 0 radical (unpaired) electrons. The van der Waals surface area contributed by atoms with Gasteiger partial charge in [-0.1, -0.05) is 35.8 Å². The van der Waals surface area contributed by atoms with E-state index in [1.54, 1.807) is 31.4 Å². The van der Waals surface area contributed by atoms with Gasteiger partial charge in [-0.25, -0.2) is 13.6 Å². The molecule has 3 rings (SSSR count). The molecule has 0 aliphatic carbocycles. The lowest BCUT2D eigenvalue weighted by atomic mass is 9.98. The van der Waals surface area contributed by atoms with Crippen LogP contribution in [0.3, 0.4) is 0 Å². The van der Waals surface area contributed by atoms with Crippen LogP contribution >= 0.6 is 11.6 Å². The van der Waals surface area contributed by atoms with Crippen LogP contribution < -0.4 is 9.88 Å². The average molecular weight is 393 g/mol. The van der Waals surface area contributed by atoms with Gasteiger partial charge in [0.15, 0.2) is 5.76 Å². The van der Waals surface area contributed by atoms with Crippen LogP contribution in [0.2, 0.25) is 5.02 Å². The van der Waals surface area contributed by atoms with Crippen LogP contribution in [0.25, 0.3) is 22.5 Å². The maximum Gasteiger partial charge on any atom is 0.238 e. The molecule has 0 aliphatic heterocycles. The SMILES string of the molecule is CCc1noc(-c2ccc(OC)c(Cl)c2)c1-c1ccc(S(N)(=O)=O)cc1. The zero-order valence-electron chi connectivity index (χ0n) is 14.2. The molecule has 8 heteroatoms. The Morgan fingerprint density at radius 2 is 1.81 bits per heavy atom. The van der Waals surface area contributed by atoms with Crippen LogP contribution in [0, 0.1) is 0 Å². The zero-order chi connectivity index (χ0) is 18.9. The Morgan fingerprint density at radius 3 is 2.35 bits per heavy atom. The molecule has 0 unspecified atom stereocenters. The number of nitrogens with zero attached hydrogens (tertiary/aromatic N) is 1. The maximum atomic E-state index is 11.5. The number of halogens is 1. The summed E-state index contributed by atoms with van der Waals surface area (Å²) in [6, 6.07) is 11.6. The highest BCUT2D eigenvalue weighted by molar-refractivity contribution is 7.89. The van der Waals surface area contributed by atoms with Crippen molar-refractivity contribution >= 4 is 21.6 Å². The monoisotopic (exact) mass is 392 g/mol. The summed E-state index contributed by atoms with van der Waals surface area (Å²) < 4.78 is 33.7. The molecular formula is C18H17ClN2O4S. The third-order valence-corrected chi connectivity index (χ3v) is 5.21. The molecule has 1 aromatic heterocycles. The Labute approximate surface area is 156 Å². The molecule has 2 aromatic carbocycles. The standard InChI is InChI=1S/C18H17ClN2O4S/c1-3-15-17(11-4-7-13(8-5-11)26(20,22)23)18(25-21-15)12-6-9-16(24-2)14(19)10-12/h4-10H,3H2,1-2H3,(H2,20,22,23). The van der Waals surface area contributed by atoms with Crippen molar-refractivity contribution in [3.8, 4) is 28.2 Å². The maximum absolute atomic E-state index is 11.5. The van der Waals surface area contributed by atoms with E-state index in [2.05, 4.69) is 5.16 Å². The highest BCUT2D eigenvalue weighted by Gasteiger charge is 2.20. The molecule has 0 saturated carbocycles. The first kappa shape index (κ1) is 18.4. The Kier molecular flexibility index (Phi) is 5.04. The molecule has 3 aromatic rings. The molecule has 0 bridgehead atoms. The van der Waals surface area contributed by atoms with Crippen molar-refractivity contribution in [2.24, 2.45) is 5.14 Å². The van der Waals surface area contributed by atoms with Gasteiger partial charge in [-0.05, 0) is 42.3 Å². The van der Waals surface area contributed by atoms with E-state index < -0.39 is 10.0 Å². The summed E-state index contributed by atoms with van der Waals surface area (Å²) in [5, 5.41) is 9.75. The molecule has 0 amide bonds. The molecule has 0 fully saturated rings. The lowest BCUT2D eigenvalue weighted by Crippen LogP contribution is -2.11. The fourth-order valence-electron chi connectivity index (χ4n) is 2.68. The van der Waals surface area contributed by atoms with Gasteiger partial charge in [0.25, 0.3) is 0 Å². The van der Waals surface area contributed by atoms with E-state index >= 15 is 0 Å². The Balaban J connectivity index is 2.13. The highest BCUT2D eigenvalue weighted by atomic mass is 35.5. The Hall–Kier alpha value is -2.35. The number of hydrogen-bond donors (Lipinski definition) is 1. The predicted molar refractivity (Wildman–Crippen MR) is 99.7 cm³/mol. The van der Waals surface area contributed by atoms with E-state index in [0.717, 1.165) is 22.4 Å². The summed E-state index contributed by atoms with van der Waals surface area (Å²) >= 11 is 6.22. The topological polar surface area (TPSA) is 95.4 Å². The number of rotatable bonds is 5. The van der Waals surface area contributed by atoms with E-state index in [9.17, 15) is 8.42 Å². The molecule has 0 spiro atoms. The van der Waals surface area contributed by atoms with Crippen molar-refractivity contribution in [3.63, 3.8) is 0 Å². The second-order valence-corrected chi connectivity index (χ2v) is 7.57. The molecule has 0 saturated heterocycles. The van der Waals surface area contributed by atoms with E-state index in [-0.39, 0.29) is 4.90 Å². The molecule has 26 heavy (non-hydrogen) atoms. The summed E-state index contributed by atoms with van der Waals surface area (Å²) in [6.45, 7) is 1.96.